The van der Waals surface area contributed by atoms with E-state index in [1.54, 1.807) is 19.9 Å². The van der Waals surface area contributed by atoms with Crippen LogP contribution in [0.15, 0.2) is 63.5 Å². The maximum Gasteiger partial charge on any atom is 0.263 e. The van der Waals surface area contributed by atoms with E-state index in [9.17, 15) is 16.8 Å². The van der Waals surface area contributed by atoms with Crippen molar-refractivity contribution in [2.45, 2.75) is 28.8 Å². The minimum Gasteiger partial charge on any atom is -0.280 e. The smallest absolute Gasteiger partial charge is 0.263 e. The number of nitrogens with one attached hydrogen (secondary N) is 1. The van der Waals surface area contributed by atoms with Gasteiger partial charge < -0.3 is 0 Å². The molecule has 1 heterocycles. The Balaban J connectivity index is 1.90. The fraction of sp³-hybridized carbons (Fsp3) is 0.111. The zero-order valence-electron chi connectivity index (χ0n) is 15.2. The van der Waals surface area contributed by atoms with Gasteiger partial charge in [-0.05, 0) is 62.4 Å². The van der Waals surface area contributed by atoms with Crippen LogP contribution in [-0.4, -0.2) is 26.8 Å². The molecular weight excluding hydrogens is 457 g/mol. The Morgan fingerprint density at radius 1 is 0.828 bits per heavy atom. The van der Waals surface area contributed by atoms with Gasteiger partial charge in [0.15, 0.2) is 0 Å². The highest BCUT2D eigenvalue weighted by atomic mass is 35.5. The summed E-state index contributed by atoms with van der Waals surface area (Å²) in [5.74, 6) is 0. The van der Waals surface area contributed by atoms with Crippen molar-refractivity contribution >= 4 is 48.7 Å². The first-order valence-corrected chi connectivity index (χ1v) is 11.9. The second kappa shape index (κ2) is 7.91. The lowest BCUT2D eigenvalue weighted by Gasteiger charge is -2.10. The second-order valence-electron chi connectivity index (χ2n) is 6.14. The molecule has 0 radical (unpaired) electrons. The largest absolute Gasteiger partial charge is 0.280 e. The van der Waals surface area contributed by atoms with E-state index in [1.165, 1.54) is 42.5 Å². The van der Waals surface area contributed by atoms with Gasteiger partial charge in [0.1, 0.15) is 4.90 Å². The van der Waals surface area contributed by atoms with Crippen molar-refractivity contribution in [1.82, 2.24) is 9.97 Å². The number of benzene rings is 2. The number of nitrogens with zero attached hydrogens (tertiary/aromatic N) is 2. The summed E-state index contributed by atoms with van der Waals surface area (Å²) in [7, 11) is -7.93. The molecule has 0 aliphatic carbocycles. The van der Waals surface area contributed by atoms with Crippen LogP contribution in [0.4, 0.5) is 5.69 Å². The number of halogens is 2. The number of aryl methyl sites for hydroxylation is 2. The van der Waals surface area contributed by atoms with Gasteiger partial charge in [0.05, 0.1) is 9.92 Å². The van der Waals surface area contributed by atoms with E-state index in [0.717, 1.165) is 0 Å². The van der Waals surface area contributed by atoms with Gasteiger partial charge in [0.25, 0.3) is 15.2 Å². The number of rotatable bonds is 5. The lowest BCUT2D eigenvalue weighted by atomic mass is 10.3. The molecule has 0 aliphatic heterocycles. The van der Waals surface area contributed by atoms with Crippen molar-refractivity contribution in [3.63, 3.8) is 0 Å². The molecule has 0 atom stereocenters. The molecule has 0 amide bonds. The van der Waals surface area contributed by atoms with E-state index in [0.29, 0.717) is 16.4 Å². The van der Waals surface area contributed by atoms with Gasteiger partial charge in [-0.2, -0.15) is 0 Å². The van der Waals surface area contributed by atoms with E-state index >= 15 is 0 Å². The van der Waals surface area contributed by atoms with Crippen LogP contribution in [0, 0.1) is 13.8 Å². The van der Waals surface area contributed by atoms with Crippen molar-refractivity contribution in [2.24, 2.45) is 0 Å². The molecule has 2 aromatic carbocycles. The lowest BCUT2D eigenvalue weighted by Crippen LogP contribution is -2.14. The summed E-state index contributed by atoms with van der Waals surface area (Å²) in [5.41, 5.74) is 1.22. The molecule has 1 N–H and O–H groups in total. The average molecular weight is 472 g/mol. The first-order valence-electron chi connectivity index (χ1n) is 8.14. The topological polar surface area (TPSA) is 106 Å². The average Bonchev–Trinajstić information content (AvgIpc) is 2.60. The van der Waals surface area contributed by atoms with E-state index in [4.69, 9.17) is 23.2 Å². The summed E-state index contributed by atoms with van der Waals surface area (Å²) in [5, 5.41) is -0.0374. The van der Waals surface area contributed by atoms with Crippen LogP contribution in [0.5, 0.6) is 0 Å². The maximum absolute atomic E-state index is 12.7. The van der Waals surface area contributed by atoms with Crippen LogP contribution >= 0.6 is 23.2 Å². The van der Waals surface area contributed by atoms with Gasteiger partial charge in [0, 0.05) is 22.1 Å². The van der Waals surface area contributed by atoms with Crippen molar-refractivity contribution < 1.29 is 16.8 Å². The highest BCUT2D eigenvalue weighted by Gasteiger charge is 2.23. The fourth-order valence-corrected chi connectivity index (χ4v) is 5.59. The summed E-state index contributed by atoms with van der Waals surface area (Å²) < 4.78 is 52.9. The first kappa shape index (κ1) is 21.5. The van der Waals surface area contributed by atoms with Gasteiger partial charge in [-0.3, -0.25) is 4.72 Å². The number of aromatic nitrogens is 2. The molecule has 0 unspecified atom stereocenters. The predicted molar refractivity (Wildman–Crippen MR) is 111 cm³/mol. The number of hydrogen-bond donors (Lipinski definition) is 1. The van der Waals surface area contributed by atoms with Gasteiger partial charge in [-0.1, -0.05) is 23.2 Å². The summed E-state index contributed by atoms with van der Waals surface area (Å²) in [6, 6.07) is 10.9. The van der Waals surface area contributed by atoms with Crippen molar-refractivity contribution in [3.05, 3.63) is 70.0 Å². The molecule has 0 saturated heterocycles. The molecule has 1 aromatic heterocycles. The van der Waals surface area contributed by atoms with E-state index in [-0.39, 0.29) is 25.7 Å². The van der Waals surface area contributed by atoms with Crippen LogP contribution in [0.3, 0.4) is 0 Å². The molecule has 11 heteroatoms. The summed E-state index contributed by atoms with van der Waals surface area (Å²) in [6.07, 6.45) is 0. The monoisotopic (exact) mass is 471 g/mol. The zero-order chi connectivity index (χ0) is 21.4. The van der Waals surface area contributed by atoms with E-state index < -0.39 is 19.9 Å². The first-order chi connectivity index (χ1) is 13.5. The van der Waals surface area contributed by atoms with Gasteiger partial charge in [-0.15, -0.1) is 0 Å². The molecule has 152 valence electrons. The number of hydrogen-bond acceptors (Lipinski definition) is 6. The third-order valence-corrected chi connectivity index (χ3v) is 7.46. The number of anilines is 1. The van der Waals surface area contributed by atoms with Crippen molar-refractivity contribution in [1.29, 1.82) is 0 Å². The third-order valence-electron chi connectivity index (χ3n) is 3.80. The lowest BCUT2D eigenvalue weighted by molar-refractivity contribution is 0.585. The van der Waals surface area contributed by atoms with Gasteiger partial charge in [-0.25, -0.2) is 26.8 Å². The van der Waals surface area contributed by atoms with Crippen LogP contribution < -0.4 is 4.72 Å². The molecule has 3 aromatic rings. The van der Waals surface area contributed by atoms with Crippen LogP contribution in [-0.2, 0) is 19.9 Å². The molecule has 7 nitrogen and oxygen atoms in total. The molecular formula is C18H15Cl2N3O4S2. The Hall–Kier alpha value is -2.20. The maximum atomic E-state index is 12.7. The molecule has 0 aliphatic rings. The molecule has 0 bridgehead atoms. The summed E-state index contributed by atoms with van der Waals surface area (Å²) in [4.78, 5) is 7.76. The Bertz CT molecular complexity index is 1270. The summed E-state index contributed by atoms with van der Waals surface area (Å²) >= 11 is 11.8. The molecule has 0 spiro atoms. The fourth-order valence-electron chi connectivity index (χ4n) is 2.52. The number of sulfonamides is 1. The zero-order valence-corrected chi connectivity index (χ0v) is 18.4. The summed E-state index contributed by atoms with van der Waals surface area (Å²) in [6.45, 7) is 3.35. The Labute approximate surface area is 178 Å². The van der Waals surface area contributed by atoms with Crippen LogP contribution in [0.1, 0.15) is 11.4 Å². The molecule has 0 fully saturated rings. The van der Waals surface area contributed by atoms with Crippen LogP contribution in [0.2, 0.25) is 10.0 Å². The van der Waals surface area contributed by atoms with Crippen molar-refractivity contribution in [3.8, 4) is 0 Å². The minimum absolute atomic E-state index is 0.0313. The SMILES string of the molecule is Cc1cc(C)nc(S(=O)(=O)c2ccc(NS(=O)(=O)c3ccc(Cl)cc3Cl)cc2)n1. The highest BCUT2D eigenvalue weighted by molar-refractivity contribution is 7.93. The van der Waals surface area contributed by atoms with Gasteiger partial charge >= 0.3 is 0 Å². The highest BCUT2D eigenvalue weighted by Crippen LogP contribution is 2.27. The van der Waals surface area contributed by atoms with E-state index in [2.05, 4.69) is 14.7 Å². The predicted octanol–water partition coefficient (Wildman–Crippen LogP) is 4.03. The number of sulfone groups is 1. The standard InChI is InChI=1S/C18H15Cl2N3O4S2/c1-11-9-12(2)22-18(21-11)28(24,25)15-6-4-14(5-7-15)23-29(26,27)17-8-3-13(19)10-16(17)20/h3-10,23H,1-2H3. The normalized spacial score (nSPS) is 12.0. The Kier molecular flexibility index (Phi) is 5.86. The second-order valence-corrected chi connectivity index (χ2v) is 10.5. The Morgan fingerprint density at radius 2 is 1.41 bits per heavy atom. The van der Waals surface area contributed by atoms with Gasteiger partial charge in [0.2, 0.25) is 9.84 Å². The molecule has 3 rings (SSSR count). The molecule has 0 saturated carbocycles. The van der Waals surface area contributed by atoms with Crippen molar-refractivity contribution in [2.75, 3.05) is 4.72 Å². The molecule has 29 heavy (non-hydrogen) atoms. The third kappa shape index (κ3) is 4.69. The quantitative estimate of drug-likeness (QED) is 0.562. The van der Waals surface area contributed by atoms with E-state index in [1.807, 2.05) is 0 Å². The minimum atomic E-state index is -3.99. The van der Waals surface area contributed by atoms with Crippen LogP contribution in [0.25, 0.3) is 0 Å². The Morgan fingerprint density at radius 3 is 1.97 bits per heavy atom.